The number of halogens is 3. The van der Waals surface area contributed by atoms with Gasteiger partial charge in [0.2, 0.25) is 19.7 Å². The Labute approximate surface area is 106 Å². The standard InChI is InChI=1S/C9H11F3N2O2S2/c1-5(2)8-13-14-9(17-8)18(15,16)7(12)6(11)3-4-10/h3-7H,1-2H3. The van der Waals surface area contributed by atoms with E-state index < -0.39 is 25.9 Å². The van der Waals surface area contributed by atoms with Gasteiger partial charge >= 0.3 is 0 Å². The van der Waals surface area contributed by atoms with Crippen LogP contribution >= 0.6 is 11.3 Å². The van der Waals surface area contributed by atoms with Crippen LogP contribution in [0.3, 0.4) is 0 Å². The van der Waals surface area contributed by atoms with Crippen LogP contribution in [0.5, 0.6) is 0 Å². The number of hydrogen-bond acceptors (Lipinski definition) is 5. The van der Waals surface area contributed by atoms with Crippen molar-refractivity contribution in [2.75, 3.05) is 0 Å². The van der Waals surface area contributed by atoms with Crippen LogP contribution in [0.15, 0.2) is 16.7 Å². The predicted molar refractivity (Wildman–Crippen MR) is 61.2 cm³/mol. The summed E-state index contributed by atoms with van der Waals surface area (Å²) in [7, 11) is -4.59. The maximum atomic E-state index is 13.4. The second-order valence-electron chi connectivity index (χ2n) is 3.72. The van der Waals surface area contributed by atoms with Gasteiger partial charge in [0.15, 0.2) is 6.17 Å². The van der Waals surface area contributed by atoms with Gasteiger partial charge in [-0.3, -0.25) is 0 Å². The number of alkyl halides is 2. The van der Waals surface area contributed by atoms with Gasteiger partial charge in [-0.25, -0.2) is 21.6 Å². The summed E-state index contributed by atoms with van der Waals surface area (Å²) in [5, 5.41) is 7.31. The normalized spacial score (nSPS) is 16.3. The lowest BCUT2D eigenvalue weighted by atomic mass is 10.2. The number of allylic oxidation sites excluding steroid dienone is 1. The molecule has 0 aromatic carbocycles. The summed E-state index contributed by atoms with van der Waals surface area (Å²) in [5.74, 6) is -0.0728. The highest BCUT2D eigenvalue weighted by Crippen LogP contribution is 2.27. The molecule has 18 heavy (non-hydrogen) atoms. The Hall–Kier alpha value is -0.960. The smallest absolute Gasteiger partial charge is 0.238 e. The molecular weight excluding hydrogens is 289 g/mol. The first-order chi connectivity index (χ1) is 8.30. The minimum absolute atomic E-state index is 0.0728. The molecule has 0 N–H and O–H groups in total. The van der Waals surface area contributed by atoms with Crippen LogP contribution in [0.2, 0.25) is 0 Å². The van der Waals surface area contributed by atoms with Crippen molar-refractivity contribution in [3.05, 3.63) is 17.4 Å². The molecule has 0 bridgehead atoms. The van der Waals surface area contributed by atoms with E-state index >= 15 is 0 Å². The molecule has 0 aliphatic heterocycles. The topological polar surface area (TPSA) is 59.9 Å². The van der Waals surface area contributed by atoms with Crippen LogP contribution in [-0.4, -0.2) is 30.3 Å². The van der Waals surface area contributed by atoms with Gasteiger partial charge in [-0.05, 0) is 6.08 Å². The zero-order chi connectivity index (χ0) is 13.9. The molecule has 0 aliphatic carbocycles. The number of rotatable bonds is 5. The molecule has 1 aromatic heterocycles. The highest BCUT2D eigenvalue weighted by Gasteiger charge is 2.37. The maximum absolute atomic E-state index is 13.4. The Morgan fingerprint density at radius 2 is 1.89 bits per heavy atom. The minimum atomic E-state index is -4.59. The van der Waals surface area contributed by atoms with Gasteiger partial charge in [0.1, 0.15) is 5.01 Å². The second-order valence-corrected chi connectivity index (χ2v) is 6.91. The van der Waals surface area contributed by atoms with Gasteiger partial charge in [0, 0.05) is 5.92 Å². The Kier molecular flexibility index (Phi) is 4.85. The van der Waals surface area contributed by atoms with Gasteiger partial charge in [-0.1, -0.05) is 25.2 Å². The van der Waals surface area contributed by atoms with E-state index in [2.05, 4.69) is 10.2 Å². The van der Waals surface area contributed by atoms with Gasteiger partial charge in [0.25, 0.3) is 0 Å². The first-order valence-electron chi connectivity index (χ1n) is 4.93. The largest absolute Gasteiger partial charge is 0.242 e. The molecule has 9 heteroatoms. The van der Waals surface area contributed by atoms with E-state index in [0.29, 0.717) is 16.3 Å². The Bertz CT molecular complexity index is 528. The molecule has 0 spiro atoms. The fourth-order valence-electron chi connectivity index (χ4n) is 0.993. The molecule has 1 heterocycles. The third-order valence-corrected chi connectivity index (χ3v) is 5.35. The summed E-state index contributed by atoms with van der Waals surface area (Å²) < 4.78 is 60.8. The summed E-state index contributed by atoms with van der Waals surface area (Å²) in [4.78, 5) is 0. The molecular formula is C9H11F3N2O2S2. The molecule has 1 aromatic rings. The zero-order valence-corrected chi connectivity index (χ0v) is 11.2. The van der Waals surface area contributed by atoms with E-state index in [-0.39, 0.29) is 18.3 Å². The van der Waals surface area contributed by atoms with Crippen molar-refractivity contribution in [2.45, 2.75) is 35.8 Å². The molecule has 0 radical (unpaired) electrons. The van der Waals surface area contributed by atoms with Crippen molar-refractivity contribution in [3.8, 4) is 0 Å². The maximum Gasteiger partial charge on any atom is 0.242 e. The molecule has 102 valence electrons. The number of aromatic nitrogens is 2. The van der Waals surface area contributed by atoms with Crippen LogP contribution in [0, 0.1) is 0 Å². The third kappa shape index (κ3) is 3.08. The third-order valence-electron chi connectivity index (χ3n) is 1.96. The highest BCUT2D eigenvalue weighted by atomic mass is 32.2. The van der Waals surface area contributed by atoms with E-state index in [9.17, 15) is 21.6 Å². The molecule has 4 nitrogen and oxygen atoms in total. The lowest BCUT2D eigenvalue weighted by Gasteiger charge is -2.08. The SMILES string of the molecule is CC(C)c1nnc(S(=O)(=O)C(F)C(F)C=CF)s1. The van der Waals surface area contributed by atoms with Gasteiger partial charge in [0.05, 0.1) is 6.33 Å². The van der Waals surface area contributed by atoms with Crippen LogP contribution in [-0.2, 0) is 9.84 Å². The fourth-order valence-corrected chi connectivity index (χ4v) is 3.35. The lowest BCUT2D eigenvalue weighted by molar-refractivity contribution is 0.267. The van der Waals surface area contributed by atoms with Gasteiger partial charge in [-0.15, -0.1) is 10.2 Å². The van der Waals surface area contributed by atoms with Crippen molar-refractivity contribution >= 4 is 21.2 Å². The average Bonchev–Trinajstić information content (AvgIpc) is 2.78. The van der Waals surface area contributed by atoms with Crippen molar-refractivity contribution in [3.63, 3.8) is 0 Å². The number of hydrogen-bond donors (Lipinski definition) is 0. The molecule has 2 atom stereocenters. The van der Waals surface area contributed by atoms with E-state index in [1.165, 1.54) is 0 Å². The lowest BCUT2D eigenvalue weighted by Crippen LogP contribution is -2.25. The summed E-state index contributed by atoms with van der Waals surface area (Å²) in [5.41, 5.74) is -2.89. The van der Waals surface area contributed by atoms with Crippen LogP contribution in [0.1, 0.15) is 24.8 Å². The van der Waals surface area contributed by atoms with E-state index in [1.54, 1.807) is 13.8 Å². The molecule has 2 unspecified atom stereocenters. The molecule has 1 rings (SSSR count). The summed E-state index contributed by atoms with van der Waals surface area (Å²) in [6, 6.07) is 0. The van der Waals surface area contributed by atoms with Crippen LogP contribution in [0.4, 0.5) is 13.2 Å². The molecule has 0 fully saturated rings. The molecule has 0 saturated carbocycles. The zero-order valence-electron chi connectivity index (χ0n) is 9.55. The van der Waals surface area contributed by atoms with E-state index in [0.717, 1.165) is 0 Å². The van der Waals surface area contributed by atoms with Crippen LogP contribution < -0.4 is 0 Å². The minimum Gasteiger partial charge on any atom is -0.238 e. The van der Waals surface area contributed by atoms with Crippen LogP contribution in [0.25, 0.3) is 0 Å². The van der Waals surface area contributed by atoms with Crippen molar-refractivity contribution in [2.24, 2.45) is 0 Å². The fraction of sp³-hybridized carbons (Fsp3) is 0.556. The van der Waals surface area contributed by atoms with E-state index in [1.807, 2.05) is 0 Å². The summed E-state index contributed by atoms with van der Waals surface area (Å²) in [6.45, 7) is 3.52. The first-order valence-corrected chi connectivity index (χ1v) is 7.29. The monoisotopic (exact) mass is 300 g/mol. The Morgan fingerprint density at radius 1 is 1.28 bits per heavy atom. The molecule has 0 aliphatic rings. The van der Waals surface area contributed by atoms with Crippen molar-refractivity contribution < 1.29 is 21.6 Å². The quantitative estimate of drug-likeness (QED) is 0.838. The molecule has 0 amide bonds. The van der Waals surface area contributed by atoms with E-state index in [4.69, 9.17) is 0 Å². The van der Waals surface area contributed by atoms with Crippen molar-refractivity contribution in [1.82, 2.24) is 10.2 Å². The summed E-state index contributed by atoms with van der Waals surface area (Å²) >= 11 is 0.677. The van der Waals surface area contributed by atoms with Gasteiger partial charge in [-0.2, -0.15) is 0 Å². The Morgan fingerprint density at radius 3 is 2.33 bits per heavy atom. The summed E-state index contributed by atoms with van der Waals surface area (Å²) in [6.07, 6.45) is -2.63. The van der Waals surface area contributed by atoms with Crippen molar-refractivity contribution in [1.29, 1.82) is 0 Å². The first kappa shape index (κ1) is 15.1. The van der Waals surface area contributed by atoms with Gasteiger partial charge < -0.3 is 0 Å². The molecule has 0 saturated heterocycles. The highest BCUT2D eigenvalue weighted by molar-refractivity contribution is 7.93. The Balaban J connectivity index is 3.05. The second kappa shape index (κ2) is 5.79. The average molecular weight is 300 g/mol. The predicted octanol–water partition coefficient (Wildman–Crippen LogP) is 2.55. The number of sulfone groups is 1. The number of nitrogens with zero attached hydrogens (tertiary/aromatic N) is 2.